The van der Waals surface area contributed by atoms with Crippen LogP contribution < -0.4 is 10.6 Å². The van der Waals surface area contributed by atoms with Gasteiger partial charge in [0, 0.05) is 12.1 Å². The molecule has 0 aliphatic rings. The highest BCUT2D eigenvalue weighted by Crippen LogP contribution is 2.16. The Balaban J connectivity index is 1.99. The third-order valence-corrected chi connectivity index (χ3v) is 3.55. The summed E-state index contributed by atoms with van der Waals surface area (Å²) in [6.07, 6.45) is 1.98. The van der Waals surface area contributed by atoms with Crippen molar-refractivity contribution < 1.29 is 19.5 Å². The molecule has 7 heteroatoms. The molecule has 0 aliphatic heterocycles. The van der Waals surface area contributed by atoms with E-state index in [1.54, 1.807) is 48.5 Å². The van der Waals surface area contributed by atoms with Gasteiger partial charge in [0.05, 0.1) is 17.5 Å². The number of nitrogens with zero attached hydrogens (tertiary/aromatic N) is 1. The fourth-order valence-electron chi connectivity index (χ4n) is 2.11. The molecule has 7 nitrogen and oxygen atoms in total. The number of hydrogen-bond acceptors (Lipinski definition) is 5. The van der Waals surface area contributed by atoms with Crippen molar-refractivity contribution >= 4 is 23.7 Å². The van der Waals surface area contributed by atoms with Gasteiger partial charge in [0.25, 0.3) is 11.8 Å². The molecular weight excluding hydrogens is 346 g/mol. The molecule has 2 aromatic rings. The zero-order valence-corrected chi connectivity index (χ0v) is 14.9. The van der Waals surface area contributed by atoms with Crippen molar-refractivity contribution in [1.82, 2.24) is 5.32 Å². The van der Waals surface area contributed by atoms with Gasteiger partial charge in [-0.3, -0.25) is 9.59 Å². The van der Waals surface area contributed by atoms with E-state index in [0.29, 0.717) is 23.4 Å². The minimum absolute atomic E-state index is 0.0569. The van der Waals surface area contributed by atoms with Crippen molar-refractivity contribution in [2.24, 2.45) is 5.16 Å². The summed E-state index contributed by atoms with van der Waals surface area (Å²) in [4.78, 5) is 29.6. The predicted molar refractivity (Wildman–Crippen MR) is 104 cm³/mol. The van der Waals surface area contributed by atoms with Crippen LogP contribution in [0, 0.1) is 0 Å². The van der Waals surface area contributed by atoms with Gasteiger partial charge in [0.2, 0.25) is 6.10 Å². The molecule has 0 fully saturated rings. The van der Waals surface area contributed by atoms with Gasteiger partial charge in [0.15, 0.2) is 0 Å². The first-order valence-corrected chi connectivity index (χ1v) is 8.29. The van der Waals surface area contributed by atoms with Gasteiger partial charge >= 0.3 is 0 Å². The number of para-hydroxylation sites is 2. The number of carbonyl (C=O) groups excluding carboxylic acids is 2. The lowest BCUT2D eigenvalue weighted by atomic mass is 10.1. The molecule has 3 N–H and O–H groups in total. The zero-order valence-electron chi connectivity index (χ0n) is 14.9. The van der Waals surface area contributed by atoms with E-state index in [2.05, 4.69) is 22.4 Å². The molecule has 0 radical (unpaired) electrons. The lowest BCUT2D eigenvalue weighted by Gasteiger charge is -2.13. The Morgan fingerprint density at radius 1 is 1.22 bits per heavy atom. The molecule has 0 saturated carbocycles. The Kier molecular flexibility index (Phi) is 7.13. The molecule has 0 saturated heterocycles. The molecule has 0 aromatic heterocycles. The molecule has 0 bridgehead atoms. The molecule has 0 spiro atoms. The number of rotatable bonds is 8. The lowest BCUT2D eigenvalue weighted by molar-refractivity contribution is -0.126. The monoisotopic (exact) mass is 367 g/mol. The van der Waals surface area contributed by atoms with Gasteiger partial charge in [-0.1, -0.05) is 35.5 Å². The number of hydrogen-bond donors (Lipinski definition) is 3. The Morgan fingerprint density at radius 2 is 1.93 bits per heavy atom. The first-order valence-electron chi connectivity index (χ1n) is 8.29. The van der Waals surface area contributed by atoms with E-state index in [0.717, 1.165) is 0 Å². The Labute approximate surface area is 157 Å². The summed E-state index contributed by atoms with van der Waals surface area (Å²) in [7, 11) is 0. The van der Waals surface area contributed by atoms with Crippen LogP contribution in [0.15, 0.2) is 66.3 Å². The summed E-state index contributed by atoms with van der Waals surface area (Å²) in [5, 5.41) is 18.7. The number of phenolic OH excluding ortho intramolecular Hbond substituents is 1. The highest BCUT2D eigenvalue weighted by molar-refractivity contribution is 6.04. The SMILES string of the molecule is C=CCNC(=O)c1ccccc1NC(=O)C(C)O/N=C\c1ccccc1O. The van der Waals surface area contributed by atoms with Gasteiger partial charge in [-0.05, 0) is 31.2 Å². The summed E-state index contributed by atoms with van der Waals surface area (Å²) < 4.78 is 0. The van der Waals surface area contributed by atoms with E-state index >= 15 is 0 Å². The normalized spacial score (nSPS) is 11.6. The summed E-state index contributed by atoms with van der Waals surface area (Å²) >= 11 is 0. The molecule has 2 amide bonds. The standard InChI is InChI=1S/C20H21N3O4/c1-3-12-21-20(26)16-9-5-6-10-17(16)23-19(25)14(2)27-22-13-15-8-4-7-11-18(15)24/h3-11,13-14,24H,1,12H2,2H3,(H,21,26)(H,23,25)/b22-13-. The summed E-state index contributed by atoms with van der Waals surface area (Å²) in [6, 6.07) is 13.3. The summed E-state index contributed by atoms with van der Waals surface area (Å²) in [6.45, 7) is 5.39. The van der Waals surface area contributed by atoms with Crippen LogP contribution in [-0.2, 0) is 9.63 Å². The van der Waals surface area contributed by atoms with Crippen molar-refractivity contribution in [1.29, 1.82) is 0 Å². The van der Waals surface area contributed by atoms with Gasteiger partial charge in [-0.15, -0.1) is 6.58 Å². The maximum atomic E-state index is 12.3. The van der Waals surface area contributed by atoms with Crippen molar-refractivity contribution in [2.45, 2.75) is 13.0 Å². The van der Waals surface area contributed by atoms with Gasteiger partial charge < -0.3 is 20.6 Å². The second-order valence-electron chi connectivity index (χ2n) is 5.57. The van der Waals surface area contributed by atoms with Crippen LogP contribution in [0.4, 0.5) is 5.69 Å². The Bertz CT molecular complexity index is 849. The van der Waals surface area contributed by atoms with Crippen molar-refractivity contribution in [3.63, 3.8) is 0 Å². The second-order valence-corrected chi connectivity index (χ2v) is 5.57. The number of carbonyl (C=O) groups is 2. The zero-order chi connectivity index (χ0) is 19.6. The number of oxime groups is 1. The second kappa shape index (κ2) is 9.76. The number of anilines is 1. The van der Waals surface area contributed by atoms with Crippen LogP contribution in [0.25, 0.3) is 0 Å². The third-order valence-electron chi connectivity index (χ3n) is 3.55. The van der Waals surface area contributed by atoms with E-state index in [9.17, 15) is 14.7 Å². The molecule has 2 aromatic carbocycles. The average Bonchev–Trinajstić information content (AvgIpc) is 2.67. The van der Waals surface area contributed by atoms with E-state index in [1.165, 1.54) is 19.2 Å². The fraction of sp³-hybridized carbons (Fsp3) is 0.150. The minimum Gasteiger partial charge on any atom is -0.507 e. The molecule has 0 heterocycles. The Hall–Kier alpha value is -3.61. The van der Waals surface area contributed by atoms with Crippen molar-refractivity contribution in [3.05, 3.63) is 72.3 Å². The largest absolute Gasteiger partial charge is 0.507 e. The van der Waals surface area contributed by atoms with Gasteiger partial charge in [0.1, 0.15) is 5.75 Å². The van der Waals surface area contributed by atoms with Crippen LogP contribution in [-0.4, -0.2) is 35.8 Å². The van der Waals surface area contributed by atoms with Crippen LogP contribution in [0.1, 0.15) is 22.8 Å². The highest BCUT2D eigenvalue weighted by Gasteiger charge is 2.18. The first kappa shape index (κ1) is 19.7. The number of nitrogens with one attached hydrogen (secondary N) is 2. The Morgan fingerprint density at radius 3 is 2.67 bits per heavy atom. The predicted octanol–water partition coefficient (Wildman–Crippen LogP) is 2.69. The van der Waals surface area contributed by atoms with E-state index in [-0.39, 0.29) is 11.7 Å². The first-order chi connectivity index (χ1) is 13.0. The van der Waals surface area contributed by atoms with Gasteiger partial charge in [-0.25, -0.2) is 0 Å². The van der Waals surface area contributed by atoms with Crippen LogP contribution in [0.3, 0.4) is 0 Å². The third kappa shape index (κ3) is 5.71. The lowest BCUT2D eigenvalue weighted by Crippen LogP contribution is -2.29. The van der Waals surface area contributed by atoms with E-state index in [1.807, 2.05) is 0 Å². The minimum atomic E-state index is -0.906. The van der Waals surface area contributed by atoms with Crippen LogP contribution in [0.2, 0.25) is 0 Å². The molecule has 1 unspecified atom stereocenters. The quantitative estimate of drug-likeness (QED) is 0.379. The van der Waals surface area contributed by atoms with Gasteiger partial charge in [-0.2, -0.15) is 0 Å². The average molecular weight is 367 g/mol. The smallest absolute Gasteiger partial charge is 0.268 e. The van der Waals surface area contributed by atoms with E-state index in [4.69, 9.17) is 4.84 Å². The molecular formula is C20H21N3O4. The summed E-state index contributed by atoms with van der Waals surface area (Å²) in [5.41, 5.74) is 1.16. The topological polar surface area (TPSA) is 100 Å². The summed E-state index contributed by atoms with van der Waals surface area (Å²) in [5.74, 6) is -0.730. The maximum Gasteiger partial charge on any atom is 0.268 e. The number of aromatic hydroxyl groups is 1. The molecule has 1 atom stereocenters. The van der Waals surface area contributed by atoms with Crippen molar-refractivity contribution in [3.8, 4) is 5.75 Å². The van der Waals surface area contributed by atoms with Crippen LogP contribution >= 0.6 is 0 Å². The molecule has 27 heavy (non-hydrogen) atoms. The highest BCUT2D eigenvalue weighted by atomic mass is 16.6. The molecule has 0 aliphatic carbocycles. The fourth-order valence-corrected chi connectivity index (χ4v) is 2.11. The maximum absolute atomic E-state index is 12.3. The van der Waals surface area contributed by atoms with E-state index < -0.39 is 12.0 Å². The number of benzene rings is 2. The number of amides is 2. The van der Waals surface area contributed by atoms with Crippen molar-refractivity contribution in [2.75, 3.05) is 11.9 Å². The molecule has 2 rings (SSSR count). The molecule has 140 valence electrons. The number of phenols is 1. The van der Waals surface area contributed by atoms with Crippen LogP contribution in [0.5, 0.6) is 5.75 Å².